The first-order valence-electron chi connectivity index (χ1n) is 8.51. The Balaban J connectivity index is 1.39. The van der Waals surface area contributed by atoms with E-state index in [2.05, 4.69) is 22.7 Å². The monoisotopic (exact) mass is 344 g/mol. The number of carbonyl (C=O) groups is 1. The maximum atomic E-state index is 12.1. The van der Waals surface area contributed by atoms with E-state index in [1.807, 2.05) is 48.1 Å². The van der Waals surface area contributed by atoms with Gasteiger partial charge in [0.2, 0.25) is 5.91 Å². The number of carbonyl (C=O) groups excluding carboxylic acids is 1. The molecule has 0 saturated heterocycles. The number of aromatic nitrogens is 2. The molecule has 3 rings (SSSR count). The number of benzene rings is 1. The Morgan fingerprint density at radius 1 is 1.32 bits per heavy atom. The quantitative estimate of drug-likeness (QED) is 0.793. The van der Waals surface area contributed by atoms with Gasteiger partial charge in [-0.05, 0) is 32.0 Å². The molecule has 0 unspecified atom stereocenters. The Morgan fingerprint density at radius 3 is 2.88 bits per heavy atom. The number of nitrogens with zero attached hydrogens (tertiary/aromatic N) is 2. The van der Waals surface area contributed by atoms with Crippen LogP contribution in [0.3, 0.4) is 0 Å². The van der Waals surface area contributed by atoms with Crippen molar-refractivity contribution in [3.8, 4) is 11.5 Å². The molecule has 134 valence electrons. The normalized spacial score (nSPS) is 18.4. The van der Waals surface area contributed by atoms with Gasteiger partial charge in [0.15, 0.2) is 11.5 Å². The first-order valence-corrected chi connectivity index (χ1v) is 8.51. The van der Waals surface area contributed by atoms with Crippen molar-refractivity contribution in [2.45, 2.75) is 32.0 Å². The van der Waals surface area contributed by atoms with E-state index >= 15 is 0 Å². The molecule has 2 N–H and O–H groups in total. The molecule has 0 aliphatic carbocycles. The van der Waals surface area contributed by atoms with Crippen molar-refractivity contribution in [2.24, 2.45) is 0 Å². The third kappa shape index (κ3) is 4.51. The molecule has 1 aliphatic heterocycles. The highest BCUT2D eigenvalue weighted by Crippen LogP contribution is 2.30. The molecule has 7 heteroatoms. The highest BCUT2D eigenvalue weighted by molar-refractivity contribution is 5.78. The molecule has 2 aromatic rings. The zero-order valence-electron chi connectivity index (χ0n) is 14.5. The molecule has 0 radical (unpaired) electrons. The third-order valence-electron chi connectivity index (χ3n) is 4.34. The molecule has 0 bridgehead atoms. The topological polar surface area (TPSA) is 77.4 Å². The van der Waals surface area contributed by atoms with Crippen LogP contribution in [0, 0.1) is 0 Å². The zero-order chi connectivity index (χ0) is 17.6. The summed E-state index contributed by atoms with van der Waals surface area (Å²) in [6.07, 6.45) is 3.49. The molecular formula is C18H24N4O3. The smallest absolute Gasteiger partial charge is 0.234 e. The third-order valence-corrected chi connectivity index (χ3v) is 4.34. The number of rotatable bonds is 7. The number of hydrogen-bond donors (Lipinski definition) is 2. The van der Waals surface area contributed by atoms with Crippen LogP contribution in [0.15, 0.2) is 42.7 Å². The fourth-order valence-corrected chi connectivity index (χ4v) is 2.63. The lowest BCUT2D eigenvalue weighted by molar-refractivity contribution is -0.120. The zero-order valence-corrected chi connectivity index (χ0v) is 14.5. The number of ether oxygens (including phenoxy) is 2. The summed E-state index contributed by atoms with van der Waals surface area (Å²) in [7, 11) is 0. The Labute approximate surface area is 147 Å². The fraction of sp³-hybridized carbons (Fsp3) is 0.444. The molecular weight excluding hydrogens is 320 g/mol. The predicted octanol–water partition coefficient (Wildman–Crippen LogP) is 1.38. The summed E-state index contributed by atoms with van der Waals surface area (Å²) >= 11 is 0. The number of para-hydroxylation sites is 2. The molecule has 1 aliphatic rings. The van der Waals surface area contributed by atoms with Crippen LogP contribution < -0.4 is 20.1 Å². The van der Waals surface area contributed by atoms with Gasteiger partial charge in [-0.1, -0.05) is 12.1 Å². The molecule has 1 aromatic carbocycles. The first-order chi connectivity index (χ1) is 12.1. The van der Waals surface area contributed by atoms with Gasteiger partial charge in [-0.2, -0.15) is 5.10 Å². The average molecular weight is 344 g/mol. The molecule has 3 atom stereocenters. The SMILES string of the molecule is C[C@H](NCC(=O)NC[C@@H]1COc2ccccc2O1)[C@@H](C)n1cccn1. The van der Waals surface area contributed by atoms with Crippen LogP contribution in [0.1, 0.15) is 19.9 Å². The number of amides is 1. The van der Waals surface area contributed by atoms with Crippen LogP contribution in [0.2, 0.25) is 0 Å². The van der Waals surface area contributed by atoms with Gasteiger partial charge >= 0.3 is 0 Å². The summed E-state index contributed by atoms with van der Waals surface area (Å²) in [6.45, 7) is 5.19. The molecule has 0 spiro atoms. The van der Waals surface area contributed by atoms with E-state index in [4.69, 9.17) is 9.47 Å². The minimum Gasteiger partial charge on any atom is -0.486 e. The maximum absolute atomic E-state index is 12.1. The van der Waals surface area contributed by atoms with Crippen LogP contribution >= 0.6 is 0 Å². The fourth-order valence-electron chi connectivity index (χ4n) is 2.63. The van der Waals surface area contributed by atoms with Gasteiger partial charge in [0.25, 0.3) is 0 Å². The Morgan fingerprint density at radius 2 is 2.12 bits per heavy atom. The highest BCUT2D eigenvalue weighted by Gasteiger charge is 2.21. The van der Waals surface area contributed by atoms with E-state index in [1.165, 1.54) is 0 Å². The molecule has 0 fully saturated rings. The lowest BCUT2D eigenvalue weighted by atomic mass is 10.2. The maximum Gasteiger partial charge on any atom is 0.234 e. The van der Waals surface area contributed by atoms with Gasteiger partial charge in [-0.3, -0.25) is 9.48 Å². The molecule has 1 amide bonds. The van der Waals surface area contributed by atoms with Crippen LogP contribution in [0.4, 0.5) is 0 Å². The summed E-state index contributed by atoms with van der Waals surface area (Å²) in [5.41, 5.74) is 0. The Hall–Kier alpha value is -2.54. The summed E-state index contributed by atoms with van der Waals surface area (Å²) in [5, 5.41) is 10.3. The Kier molecular flexibility index (Phi) is 5.55. The van der Waals surface area contributed by atoms with Crippen molar-refractivity contribution in [2.75, 3.05) is 19.7 Å². The molecule has 25 heavy (non-hydrogen) atoms. The van der Waals surface area contributed by atoms with E-state index in [0.29, 0.717) is 18.9 Å². The Bertz CT molecular complexity index is 689. The van der Waals surface area contributed by atoms with E-state index < -0.39 is 0 Å². The van der Waals surface area contributed by atoms with Gasteiger partial charge < -0.3 is 20.1 Å². The first kappa shape index (κ1) is 17.3. The average Bonchev–Trinajstić information content (AvgIpc) is 3.18. The van der Waals surface area contributed by atoms with Crippen molar-refractivity contribution < 1.29 is 14.3 Å². The minimum atomic E-state index is -0.181. The molecule has 0 saturated carbocycles. The van der Waals surface area contributed by atoms with E-state index in [9.17, 15) is 4.79 Å². The lowest BCUT2D eigenvalue weighted by Crippen LogP contribution is -2.45. The van der Waals surface area contributed by atoms with Crippen molar-refractivity contribution in [1.82, 2.24) is 20.4 Å². The van der Waals surface area contributed by atoms with E-state index in [1.54, 1.807) is 6.20 Å². The second kappa shape index (κ2) is 8.02. The van der Waals surface area contributed by atoms with Crippen molar-refractivity contribution in [3.63, 3.8) is 0 Å². The van der Waals surface area contributed by atoms with Crippen LogP contribution in [0.5, 0.6) is 11.5 Å². The van der Waals surface area contributed by atoms with Crippen molar-refractivity contribution in [1.29, 1.82) is 0 Å². The summed E-state index contributed by atoms with van der Waals surface area (Å²) < 4.78 is 13.3. The number of hydrogen-bond acceptors (Lipinski definition) is 5. The van der Waals surface area contributed by atoms with Crippen molar-refractivity contribution in [3.05, 3.63) is 42.7 Å². The standard InChI is InChI=1S/C18H24N4O3/c1-13(14(2)22-9-5-8-21-22)19-11-18(23)20-10-15-12-24-16-6-3-4-7-17(16)25-15/h3-9,13-15,19H,10-12H2,1-2H3,(H,20,23)/t13-,14+,15+/m0/s1. The van der Waals surface area contributed by atoms with Gasteiger partial charge in [0, 0.05) is 18.4 Å². The minimum absolute atomic E-state index is 0.0676. The molecule has 2 heterocycles. The van der Waals surface area contributed by atoms with Crippen LogP contribution in [-0.2, 0) is 4.79 Å². The second-order valence-corrected chi connectivity index (χ2v) is 6.20. The van der Waals surface area contributed by atoms with Gasteiger partial charge in [-0.15, -0.1) is 0 Å². The predicted molar refractivity (Wildman–Crippen MR) is 93.8 cm³/mol. The summed E-state index contributed by atoms with van der Waals surface area (Å²) in [5.74, 6) is 1.39. The summed E-state index contributed by atoms with van der Waals surface area (Å²) in [6, 6.07) is 9.71. The summed E-state index contributed by atoms with van der Waals surface area (Å²) in [4.78, 5) is 12.1. The number of nitrogens with one attached hydrogen (secondary N) is 2. The second-order valence-electron chi connectivity index (χ2n) is 6.20. The van der Waals surface area contributed by atoms with E-state index in [0.717, 1.165) is 5.75 Å². The largest absolute Gasteiger partial charge is 0.486 e. The lowest BCUT2D eigenvalue weighted by Gasteiger charge is -2.26. The van der Waals surface area contributed by atoms with Crippen molar-refractivity contribution >= 4 is 5.91 Å². The molecule has 1 aromatic heterocycles. The van der Waals surface area contributed by atoms with Gasteiger partial charge in [0.05, 0.1) is 19.1 Å². The van der Waals surface area contributed by atoms with Crippen LogP contribution in [0.25, 0.3) is 0 Å². The molecule has 7 nitrogen and oxygen atoms in total. The van der Waals surface area contributed by atoms with Gasteiger partial charge in [0.1, 0.15) is 12.7 Å². The van der Waals surface area contributed by atoms with Crippen LogP contribution in [-0.4, -0.2) is 47.5 Å². The highest BCUT2D eigenvalue weighted by atomic mass is 16.6. The van der Waals surface area contributed by atoms with E-state index in [-0.39, 0.29) is 30.6 Å². The van der Waals surface area contributed by atoms with Gasteiger partial charge in [-0.25, -0.2) is 0 Å². The number of fused-ring (bicyclic) bond motifs is 1.